The Hall–Kier alpha value is -2.87. The van der Waals surface area contributed by atoms with Gasteiger partial charge in [-0.25, -0.2) is 9.97 Å². The summed E-state index contributed by atoms with van der Waals surface area (Å²) >= 11 is 0. The second kappa shape index (κ2) is 9.09. The number of unbranched alkanes of at least 4 members (excludes halogenated alkanes) is 1. The first-order valence-corrected chi connectivity index (χ1v) is 10.2. The lowest BCUT2D eigenvalue weighted by molar-refractivity contribution is 0.0948. The average Bonchev–Trinajstić information content (AvgIpc) is 3.22. The lowest BCUT2D eigenvalue weighted by atomic mass is 10.1. The Labute approximate surface area is 170 Å². The van der Waals surface area contributed by atoms with Crippen molar-refractivity contribution in [2.75, 3.05) is 44.4 Å². The van der Waals surface area contributed by atoms with Gasteiger partial charge in [-0.15, -0.1) is 0 Å². The van der Waals surface area contributed by atoms with Crippen LogP contribution in [0.3, 0.4) is 0 Å². The van der Waals surface area contributed by atoms with Crippen LogP contribution < -0.4 is 19.7 Å². The minimum atomic E-state index is -0.136. The van der Waals surface area contributed by atoms with E-state index in [9.17, 15) is 4.79 Å². The number of amides is 1. The molecule has 2 aliphatic rings. The van der Waals surface area contributed by atoms with E-state index in [0.29, 0.717) is 25.0 Å². The smallest absolute Gasteiger partial charge is 0.270 e. The maximum atomic E-state index is 12.2. The molecule has 0 bridgehead atoms. The van der Waals surface area contributed by atoms with Crippen molar-refractivity contribution in [1.82, 2.24) is 20.2 Å². The molecular formula is C21H27N5O3. The summed E-state index contributed by atoms with van der Waals surface area (Å²) in [5.41, 5.74) is 1.64. The summed E-state index contributed by atoms with van der Waals surface area (Å²) in [7, 11) is 0. The third kappa shape index (κ3) is 4.76. The molecule has 2 aromatic rings. The zero-order chi connectivity index (χ0) is 20.1. The molecule has 154 valence electrons. The number of rotatable bonds is 7. The van der Waals surface area contributed by atoms with Crippen LogP contribution in [0.5, 0.6) is 11.5 Å². The molecule has 0 saturated carbocycles. The summed E-state index contributed by atoms with van der Waals surface area (Å²) in [6.07, 6.45) is 3.68. The Kier molecular flexibility index (Phi) is 6.09. The summed E-state index contributed by atoms with van der Waals surface area (Å²) in [6, 6.07) is 7.78. The molecule has 0 aliphatic carbocycles. The third-order valence-corrected chi connectivity index (χ3v) is 5.19. The first kappa shape index (κ1) is 19.4. The van der Waals surface area contributed by atoms with Gasteiger partial charge in [0.15, 0.2) is 11.5 Å². The van der Waals surface area contributed by atoms with Gasteiger partial charge in [0.25, 0.3) is 5.91 Å². The second-order valence-corrected chi connectivity index (χ2v) is 7.30. The van der Waals surface area contributed by atoms with E-state index >= 15 is 0 Å². The highest BCUT2D eigenvalue weighted by molar-refractivity contribution is 5.92. The predicted molar refractivity (Wildman–Crippen MR) is 109 cm³/mol. The zero-order valence-electron chi connectivity index (χ0n) is 16.8. The van der Waals surface area contributed by atoms with E-state index in [0.717, 1.165) is 57.1 Å². The van der Waals surface area contributed by atoms with Crippen LogP contribution in [0.15, 0.2) is 30.5 Å². The van der Waals surface area contributed by atoms with Crippen LogP contribution in [0.4, 0.5) is 5.95 Å². The lowest BCUT2D eigenvalue weighted by Crippen LogP contribution is -2.46. The zero-order valence-corrected chi connectivity index (χ0v) is 16.8. The summed E-state index contributed by atoms with van der Waals surface area (Å²) in [6.45, 7) is 7.40. The fraction of sp³-hybridized carbons (Fsp3) is 0.476. The molecular weight excluding hydrogens is 370 g/mol. The molecule has 0 unspecified atom stereocenters. The molecule has 0 atom stereocenters. The van der Waals surface area contributed by atoms with Crippen molar-refractivity contribution in [1.29, 1.82) is 0 Å². The molecule has 0 radical (unpaired) electrons. The van der Waals surface area contributed by atoms with E-state index in [1.165, 1.54) is 5.56 Å². The highest BCUT2D eigenvalue weighted by atomic mass is 16.7. The largest absolute Gasteiger partial charge is 0.454 e. The van der Waals surface area contributed by atoms with Crippen LogP contribution in [-0.4, -0.2) is 60.3 Å². The SMILES string of the molecule is CCCCNC(=O)c1ccnc(N2CCN(Cc3ccc4c(c3)OCO4)CC2)n1. The van der Waals surface area contributed by atoms with E-state index in [-0.39, 0.29) is 5.91 Å². The van der Waals surface area contributed by atoms with Crippen LogP contribution in [0.1, 0.15) is 35.8 Å². The van der Waals surface area contributed by atoms with Gasteiger partial charge in [-0.1, -0.05) is 19.4 Å². The summed E-state index contributed by atoms with van der Waals surface area (Å²) < 4.78 is 10.8. The molecule has 1 aromatic heterocycles. The number of nitrogens with zero attached hydrogens (tertiary/aromatic N) is 4. The number of piperazine rings is 1. The molecule has 2 aliphatic heterocycles. The number of fused-ring (bicyclic) bond motifs is 1. The second-order valence-electron chi connectivity index (χ2n) is 7.30. The van der Waals surface area contributed by atoms with Crippen molar-refractivity contribution in [3.8, 4) is 11.5 Å². The van der Waals surface area contributed by atoms with Gasteiger partial charge in [0, 0.05) is 45.5 Å². The van der Waals surface area contributed by atoms with Crippen molar-refractivity contribution in [2.45, 2.75) is 26.3 Å². The molecule has 1 aromatic carbocycles. The molecule has 1 fully saturated rings. The average molecular weight is 397 g/mol. The summed E-state index contributed by atoms with van der Waals surface area (Å²) in [4.78, 5) is 25.6. The van der Waals surface area contributed by atoms with Gasteiger partial charge in [0.2, 0.25) is 12.7 Å². The Morgan fingerprint density at radius 1 is 1.14 bits per heavy atom. The van der Waals surface area contributed by atoms with Crippen molar-refractivity contribution in [3.05, 3.63) is 41.7 Å². The highest BCUT2D eigenvalue weighted by Crippen LogP contribution is 2.32. The fourth-order valence-corrected chi connectivity index (χ4v) is 3.50. The Morgan fingerprint density at radius 3 is 2.79 bits per heavy atom. The minimum Gasteiger partial charge on any atom is -0.454 e. The number of hydrogen-bond donors (Lipinski definition) is 1. The molecule has 8 nitrogen and oxygen atoms in total. The first-order valence-electron chi connectivity index (χ1n) is 10.2. The first-order chi connectivity index (χ1) is 14.2. The molecule has 3 heterocycles. The van der Waals surface area contributed by atoms with E-state index in [1.54, 1.807) is 12.3 Å². The predicted octanol–water partition coefficient (Wildman–Crippen LogP) is 2.06. The van der Waals surface area contributed by atoms with Crippen molar-refractivity contribution in [2.24, 2.45) is 0 Å². The Bertz CT molecular complexity index is 852. The van der Waals surface area contributed by atoms with Gasteiger partial charge in [-0.3, -0.25) is 9.69 Å². The Morgan fingerprint density at radius 2 is 1.97 bits per heavy atom. The minimum absolute atomic E-state index is 0.136. The number of hydrogen-bond acceptors (Lipinski definition) is 7. The van der Waals surface area contributed by atoms with E-state index < -0.39 is 0 Å². The van der Waals surface area contributed by atoms with Gasteiger partial charge in [0.05, 0.1) is 0 Å². The molecule has 4 rings (SSSR count). The van der Waals surface area contributed by atoms with Gasteiger partial charge < -0.3 is 19.7 Å². The maximum absolute atomic E-state index is 12.2. The summed E-state index contributed by atoms with van der Waals surface area (Å²) in [5.74, 6) is 2.12. The monoisotopic (exact) mass is 397 g/mol. The molecule has 1 amide bonds. The number of benzene rings is 1. The highest BCUT2D eigenvalue weighted by Gasteiger charge is 2.21. The number of anilines is 1. The van der Waals surface area contributed by atoms with Crippen LogP contribution in [0.2, 0.25) is 0 Å². The van der Waals surface area contributed by atoms with Crippen LogP contribution in [0, 0.1) is 0 Å². The third-order valence-electron chi connectivity index (χ3n) is 5.19. The van der Waals surface area contributed by atoms with Gasteiger partial charge in [0.1, 0.15) is 5.69 Å². The number of aromatic nitrogens is 2. The summed E-state index contributed by atoms with van der Waals surface area (Å²) in [5, 5.41) is 2.91. The van der Waals surface area contributed by atoms with Crippen molar-refractivity contribution in [3.63, 3.8) is 0 Å². The van der Waals surface area contributed by atoms with Crippen molar-refractivity contribution < 1.29 is 14.3 Å². The van der Waals surface area contributed by atoms with Crippen LogP contribution >= 0.6 is 0 Å². The molecule has 1 N–H and O–H groups in total. The van der Waals surface area contributed by atoms with E-state index in [2.05, 4.69) is 44.1 Å². The number of ether oxygens (including phenoxy) is 2. The Balaban J connectivity index is 1.31. The normalized spacial score (nSPS) is 16.1. The molecule has 1 saturated heterocycles. The lowest BCUT2D eigenvalue weighted by Gasteiger charge is -2.34. The number of carbonyl (C=O) groups is 1. The quantitative estimate of drug-likeness (QED) is 0.717. The molecule has 8 heteroatoms. The van der Waals surface area contributed by atoms with Gasteiger partial charge in [-0.2, -0.15) is 0 Å². The van der Waals surface area contributed by atoms with E-state index in [1.807, 2.05) is 6.07 Å². The van der Waals surface area contributed by atoms with Crippen molar-refractivity contribution >= 4 is 11.9 Å². The van der Waals surface area contributed by atoms with Gasteiger partial charge in [-0.05, 0) is 30.2 Å². The van der Waals surface area contributed by atoms with Gasteiger partial charge >= 0.3 is 0 Å². The number of carbonyl (C=O) groups excluding carboxylic acids is 1. The number of nitrogens with one attached hydrogen (secondary N) is 1. The van der Waals surface area contributed by atoms with Crippen LogP contribution in [0.25, 0.3) is 0 Å². The fourth-order valence-electron chi connectivity index (χ4n) is 3.50. The van der Waals surface area contributed by atoms with Crippen LogP contribution in [-0.2, 0) is 6.54 Å². The molecule has 0 spiro atoms. The van der Waals surface area contributed by atoms with E-state index in [4.69, 9.17) is 9.47 Å². The molecule has 29 heavy (non-hydrogen) atoms. The maximum Gasteiger partial charge on any atom is 0.270 e. The topological polar surface area (TPSA) is 79.8 Å². The standard InChI is InChI=1S/C21H27N5O3/c1-2-3-7-22-20(27)17-6-8-23-21(24-17)26-11-9-25(10-12-26)14-16-4-5-18-19(13-16)29-15-28-18/h4-6,8,13H,2-3,7,9-12,14-15H2,1H3,(H,22,27).